The molecular weight excluding hydrogens is 238 g/mol. The summed E-state index contributed by atoms with van der Waals surface area (Å²) in [4.78, 5) is 6.97. The second-order valence-electron chi connectivity index (χ2n) is 5.45. The van der Waals surface area contributed by atoms with Crippen molar-refractivity contribution >= 4 is 5.96 Å². The van der Waals surface area contributed by atoms with Gasteiger partial charge in [-0.15, -0.1) is 0 Å². The number of hydrogen-bond donors (Lipinski definition) is 1. The van der Waals surface area contributed by atoms with Crippen LogP contribution in [0.1, 0.15) is 30.5 Å². The van der Waals surface area contributed by atoms with E-state index in [0.29, 0.717) is 12.1 Å². The molecule has 3 rings (SSSR count). The second kappa shape index (κ2) is 4.76. The Bertz CT molecular complexity index is 512. The van der Waals surface area contributed by atoms with Crippen LogP contribution in [0.25, 0.3) is 0 Å². The molecule has 2 atom stereocenters. The van der Waals surface area contributed by atoms with Gasteiger partial charge in [-0.1, -0.05) is 17.7 Å². The van der Waals surface area contributed by atoms with E-state index in [4.69, 9.17) is 4.74 Å². The Morgan fingerprint density at radius 1 is 1.42 bits per heavy atom. The normalized spacial score (nSPS) is 25.6. The van der Waals surface area contributed by atoms with Gasteiger partial charge in [0.1, 0.15) is 5.75 Å². The Balaban J connectivity index is 1.98. The predicted octanol–water partition coefficient (Wildman–Crippen LogP) is 2.10. The maximum Gasteiger partial charge on any atom is 0.194 e. The fourth-order valence-corrected chi connectivity index (χ4v) is 3.03. The molecule has 1 saturated heterocycles. The molecule has 102 valence electrons. The zero-order valence-electron chi connectivity index (χ0n) is 11.8. The van der Waals surface area contributed by atoms with E-state index in [1.807, 2.05) is 0 Å². The van der Waals surface area contributed by atoms with Crippen molar-refractivity contribution in [2.45, 2.75) is 32.4 Å². The number of rotatable bonds is 2. The average Bonchev–Trinajstić information content (AvgIpc) is 2.78. The summed E-state index contributed by atoms with van der Waals surface area (Å²) in [5, 5.41) is 3.44. The Hall–Kier alpha value is -1.71. The van der Waals surface area contributed by atoms with Crippen LogP contribution >= 0.6 is 0 Å². The molecule has 2 unspecified atom stereocenters. The summed E-state index contributed by atoms with van der Waals surface area (Å²) in [6.07, 6.45) is 1.05. The van der Waals surface area contributed by atoms with E-state index >= 15 is 0 Å². The second-order valence-corrected chi connectivity index (χ2v) is 5.45. The van der Waals surface area contributed by atoms with Crippen molar-refractivity contribution in [3.8, 4) is 5.75 Å². The minimum absolute atomic E-state index is 0.375. The molecule has 0 aliphatic carbocycles. The zero-order chi connectivity index (χ0) is 13.4. The molecule has 19 heavy (non-hydrogen) atoms. The lowest BCUT2D eigenvalue weighted by atomic mass is 9.98. The van der Waals surface area contributed by atoms with Gasteiger partial charge in [0, 0.05) is 24.7 Å². The zero-order valence-corrected chi connectivity index (χ0v) is 11.8. The third-order valence-corrected chi connectivity index (χ3v) is 3.90. The van der Waals surface area contributed by atoms with Crippen molar-refractivity contribution in [2.75, 3.05) is 20.2 Å². The highest BCUT2D eigenvalue weighted by molar-refractivity contribution is 5.83. The summed E-state index contributed by atoms with van der Waals surface area (Å²) in [7, 11) is 1.75. The van der Waals surface area contributed by atoms with Gasteiger partial charge in [-0.05, 0) is 26.3 Å². The number of aliphatic imine (C=N–C) groups is 1. The number of methoxy groups -OCH3 is 1. The summed E-state index contributed by atoms with van der Waals surface area (Å²) < 4.78 is 5.54. The van der Waals surface area contributed by atoms with Crippen molar-refractivity contribution in [2.24, 2.45) is 4.99 Å². The first-order valence-electron chi connectivity index (χ1n) is 6.91. The number of fused-ring (bicyclic) bond motifs is 1. The molecule has 0 spiro atoms. The fraction of sp³-hybridized carbons (Fsp3) is 0.533. The summed E-state index contributed by atoms with van der Waals surface area (Å²) >= 11 is 0. The number of nitrogens with zero attached hydrogens (tertiary/aromatic N) is 2. The Kier molecular flexibility index (Phi) is 3.09. The van der Waals surface area contributed by atoms with Crippen LogP contribution in [-0.4, -0.2) is 37.1 Å². The van der Waals surface area contributed by atoms with Crippen molar-refractivity contribution in [3.05, 3.63) is 29.3 Å². The van der Waals surface area contributed by atoms with Gasteiger partial charge in [0.05, 0.1) is 13.2 Å². The number of guanidine groups is 1. The van der Waals surface area contributed by atoms with Crippen LogP contribution in [0, 0.1) is 6.92 Å². The van der Waals surface area contributed by atoms with Crippen LogP contribution in [0.15, 0.2) is 23.2 Å². The third-order valence-electron chi connectivity index (χ3n) is 3.90. The molecule has 4 nitrogen and oxygen atoms in total. The van der Waals surface area contributed by atoms with Crippen molar-refractivity contribution in [1.29, 1.82) is 0 Å². The number of aryl methyl sites for hydroxylation is 1. The Labute approximate surface area is 114 Å². The Morgan fingerprint density at radius 2 is 2.26 bits per heavy atom. The lowest BCUT2D eigenvalue weighted by Gasteiger charge is -2.33. The summed E-state index contributed by atoms with van der Waals surface area (Å²) in [5.74, 6) is 2.03. The van der Waals surface area contributed by atoms with E-state index < -0.39 is 0 Å². The first kappa shape index (κ1) is 12.3. The molecule has 0 saturated carbocycles. The van der Waals surface area contributed by atoms with Crippen molar-refractivity contribution < 1.29 is 4.74 Å². The smallest absolute Gasteiger partial charge is 0.194 e. The van der Waals surface area contributed by atoms with Crippen LogP contribution < -0.4 is 10.1 Å². The van der Waals surface area contributed by atoms with Crippen LogP contribution in [0.5, 0.6) is 5.75 Å². The minimum atomic E-state index is 0.375. The van der Waals surface area contributed by atoms with Gasteiger partial charge in [0.25, 0.3) is 0 Å². The Morgan fingerprint density at radius 3 is 3.05 bits per heavy atom. The van der Waals surface area contributed by atoms with E-state index in [9.17, 15) is 0 Å². The third kappa shape index (κ3) is 2.15. The highest BCUT2D eigenvalue weighted by Crippen LogP contribution is 2.35. The molecular formula is C15H21N3O. The summed E-state index contributed by atoms with van der Waals surface area (Å²) in [6.45, 7) is 6.23. The lowest BCUT2D eigenvalue weighted by Crippen LogP contribution is -2.37. The van der Waals surface area contributed by atoms with Gasteiger partial charge in [-0.3, -0.25) is 4.99 Å². The topological polar surface area (TPSA) is 36.9 Å². The van der Waals surface area contributed by atoms with Gasteiger partial charge in [-0.25, -0.2) is 0 Å². The van der Waals surface area contributed by atoms with Crippen molar-refractivity contribution in [1.82, 2.24) is 10.2 Å². The lowest BCUT2D eigenvalue weighted by molar-refractivity contribution is 0.294. The predicted molar refractivity (Wildman–Crippen MR) is 76.7 cm³/mol. The number of nitrogens with one attached hydrogen (secondary N) is 1. The van der Waals surface area contributed by atoms with E-state index in [-0.39, 0.29) is 0 Å². The SMILES string of the molecule is COc1ccc(C)cc1C1CCN=C2NC(C)CN21. The standard InChI is InChI=1S/C15H21N3O/c1-10-4-5-14(19-3)12(8-10)13-6-7-16-15-17-11(2)9-18(13)15/h4-5,8,11,13H,6-7,9H2,1-3H3,(H,16,17). The summed E-state index contributed by atoms with van der Waals surface area (Å²) in [6, 6.07) is 7.26. The maximum absolute atomic E-state index is 5.54. The fourth-order valence-electron chi connectivity index (χ4n) is 3.03. The van der Waals surface area contributed by atoms with Crippen molar-refractivity contribution in [3.63, 3.8) is 0 Å². The molecule has 1 fully saturated rings. The quantitative estimate of drug-likeness (QED) is 0.883. The molecule has 4 heteroatoms. The van der Waals surface area contributed by atoms with Crippen LogP contribution in [0.3, 0.4) is 0 Å². The first-order valence-corrected chi connectivity index (χ1v) is 6.91. The molecule has 2 heterocycles. The molecule has 0 amide bonds. The van der Waals surface area contributed by atoms with Gasteiger partial charge in [0.15, 0.2) is 5.96 Å². The van der Waals surface area contributed by atoms with Gasteiger partial charge in [0.2, 0.25) is 0 Å². The maximum atomic E-state index is 5.54. The van der Waals surface area contributed by atoms with Gasteiger partial charge < -0.3 is 15.0 Å². The van der Waals surface area contributed by atoms with E-state index in [1.54, 1.807) is 7.11 Å². The monoisotopic (exact) mass is 259 g/mol. The van der Waals surface area contributed by atoms with E-state index in [2.05, 4.69) is 47.3 Å². The summed E-state index contributed by atoms with van der Waals surface area (Å²) in [5.41, 5.74) is 2.56. The largest absolute Gasteiger partial charge is 0.496 e. The van der Waals surface area contributed by atoms with Gasteiger partial charge in [-0.2, -0.15) is 0 Å². The minimum Gasteiger partial charge on any atom is -0.496 e. The van der Waals surface area contributed by atoms with Crippen LogP contribution in [-0.2, 0) is 0 Å². The molecule has 0 aromatic heterocycles. The molecule has 1 aromatic carbocycles. The number of hydrogen-bond acceptors (Lipinski definition) is 4. The molecule has 1 aromatic rings. The molecule has 0 radical (unpaired) electrons. The molecule has 2 aliphatic rings. The molecule has 2 aliphatic heterocycles. The molecule has 1 N–H and O–H groups in total. The highest BCUT2D eigenvalue weighted by Gasteiger charge is 2.34. The van der Waals surface area contributed by atoms with Gasteiger partial charge >= 0.3 is 0 Å². The number of benzene rings is 1. The van der Waals surface area contributed by atoms with Crippen LogP contribution in [0.2, 0.25) is 0 Å². The number of ether oxygens (including phenoxy) is 1. The average molecular weight is 259 g/mol. The van der Waals surface area contributed by atoms with E-state index in [1.165, 1.54) is 11.1 Å². The molecule has 0 bridgehead atoms. The first-order chi connectivity index (χ1) is 9.19. The highest BCUT2D eigenvalue weighted by atomic mass is 16.5. The van der Waals surface area contributed by atoms with E-state index in [0.717, 1.165) is 31.2 Å². The van der Waals surface area contributed by atoms with Crippen LogP contribution in [0.4, 0.5) is 0 Å².